The Hall–Kier alpha value is 0.250. The topological polar surface area (TPSA) is 0 Å². The van der Waals surface area contributed by atoms with Gasteiger partial charge < -0.3 is 0 Å². The van der Waals surface area contributed by atoms with Gasteiger partial charge in [0, 0.05) is 5.03 Å². The molecule has 0 heterocycles. The molecule has 0 aromatic heterocycles. The molecule has 1 rings (SSSR count). The van der Waals surface area contributed by atoms with Gasteiger partial charge in [0.25, 0.3) is 0 Å². The summed E-state index contributed by atoms with van der Waals surface area (Å²) < 4.78 is 0. The largest absolute Gasteiger partial charge is 0.0879 e. The Kier molecular flexibility index (Phi) is 2.15. The molecule has 0 saturated carbocycles. The van der Waals surface area contributed by atoms with Crippen molar-refractivity contribution in [2.24, 2.45) is 0 Å². The van der Waals surface area contributed by atoms with E-state index in [9.17, 15) is 0 Å². The van der Waals surface area contributed by atoms with Crippen LogP contribution in [0.5, 0.6) is 0 Å². The molecule has 0 amide bonds. The lowest BCUT2D eigenvalue weighted by molar-refractivity contribution is 1.06. The quantitative estimate of drug-likeness (QED) is 0.519. The lowest BCUT2D eigenvalue weighted by Gasteiger charge is -2.06. The fraction of sp³-hybridized carbons (Fsp3) is 0.333. The second-order valence-corrected chi connectivity index (χ2v) is 3.22. The Labute approximate surface area is 62.3 Å². The van der Waals surface area contributed by atoms with Gasteiger partial charge in [-0.15, -0.1) is 0 Å². The number of allylic oxidation sites excluding steroid dienone is 4. The van der Waals surface area contributed by atoms with Crippen LogP contribution in [-0.2, 0) is 0 Å². The van der Waals surface area contributed by atoms with Gasteiger partial charge in [-0.2, -0.15) is 0 Å². The predicted molar refractivity (Wildman–Crippen MR) is 40.4 cm³/mol. The van der Waals surface area contributed by atoms with Crippen molar-refractivity contribution in [1.82, 2.24) is 0 Å². The summed E-state index contributed by atoms with van der Waals surface area (Å²) in [4.78, 5) is 0.356. The zero-order valence-electron chi connectivity index (χ0n) is 4.27. The van der Waals surface area contributed by atoms with Crippen LogP contribution in [0.2, 0.25) is 0 Å². The molecule has 8 heavy (non-hydrogen) atoms. The Bertz CT molecular complexity index is 137. The summed E-state index contributed by atoms with van der Waals surface area (Å²) in [7, 11) is 0. The molecule has 0 N–H and O–H groups in total. The van der Waals surface area contributed by atoms with Crippen LogP contribution < -0.4 is 0 Å². The highest BCUT2D eigenvalue weighted by atomic mass is 79.9. The summed E-state index contributed by atoms with van der Waals surface area (Å²) >= 11 is 9.13. The van der Waals surface area contributed by atoms with Gasteiger partial charge in [0.1, 0.15) is 0 Å². The monoisotopic (exact) mass is 192 g/mol. The Morgan fingerprint density at radius 1 is 1.75 bits per heavy atom. The summed E-state index contributed by atoms with van der Waals surface area (Å²) in [5.41, 5.74) is 0. The van der Waals surface area contributed by atoms with Gasteiger partial charge in [0.05, 0.1) is 4.83 Å². The van der Waals surface area contributed by atoms with Crippen LogP contribution in [0.1, 0.15) is 6.42 Å². The van der Waals surface area contributed by atoms with E-state index in [0.29, 0.717) is 4.83 Å². The lowest BCUT2D eigenvalue weighted by Crippen LogP contribution is -1.97. The van der Waals surface area contributed by atoms with Crippen molar-refractivity contribution in [3.63, 3.8) is 0 Å². The highest BCUT2D eigenvalue weighted by molar-refractivity contribution is 9.09. The van der Waals surface area contributed by atoms with E-state index in [0.717, 1.165) is 11.5 Å². The van der Waals surface area contributed by atoms with Gasteiger partial charge in [0.2, 0.25) is 0 Å². The number of hydrogen-bond acceptors (Lipinski definition) is 0. The van der Waals surface area contributed by atoms with Gasteiger partial charge in [0.15, 0.2) is 0 Å². The van der Waals surface area contributed by atoms with Gasteiger partial charge in [-0.25, -0.2) is 0 Å². The van der Waals surface area contributed by atoms with Gasteiger partial charge in [-0.1, -0.05) is 39.7 Å². The zero-order valence-corrected chi connectivity index (χ0v) is 6.61. The number of alkyl halides is 1. The van der Waals surface area contributed by atoms with E-state index in [2.05, 4.69) is 22.0 Å². The molecule has 0 unspecified atom stereocenters. The second-order valence-electron chi connectivity index (χ2n) is 1.68. The molecule has 1 aliphatic rings. The van der Waals surface area contributed by atoms with Crippen molar-refractivity contribution in [3.05, 3.63) is 23.3 Å². The molecule has 0 aliphatic heterocycles. The summed E-state index contributed by atoms with van der Waals surface area (Å²) in [6.45, 7) is 0. The maximum atomic E-state index is 5.73. The number of hydrogen-bond donors (Lipinski definition) is 0. The Balaban J connectivity index is 2.66. The average Bonchev–Trinajstić information content (AvgIpc) is 1.77. The minimum atomic E-state index is 0.356. The fourth-order valence-corrected chi connectivity index (χ4v) is 1.11. The van der Waals surface area contributed by atoms with E-state index in [4.69, 9.17) is 11.6 Å². The summed E-state index contributed by atoms with van der Waals surface area (Å²) in [5, 5.41) is 0.896. The van der Waals surface area contributed by atoms with Crippen molar-refractivity contribution in [1.29, 1.82) is 0 Å². The molecular weight excluding hydrogens is 187 g/mol. The molecule has 0 bridgehead atoms. The van der Waals surface area contributed by atoms with E-state index in [1.807, 2.05) is 12.2 Å². The first kappa shape index (κ1) is 6.37. The van der Waals surface area contributed by atoms with Crippen LogP contribution in [0.15, 0.2) is 23.3 Å². The van der Waals surface area contributed by atoms with Crippen LogP contribution in [0.4, 0.5) is 0 Å². The smallest absolute Gasteiger partial charge is 0.0537 e. The third-order valence-corrected chi connectivity index (χ3v) is 2.55. The highest BCUT2D eigenvalue weighted by Crippen LogP contribution is 2.23. The van der Waals surface area contributed by atoms with Gasteiger partial charge >= 0.3 is 0 Å². The minimum Gasteiger partial charge on any atom is -0.0879 e. The van der Waals surface area contributed by atoms with Crippen LogP contribution >= 0.6 is 27.5 Å². The molecule has 0 aromatic rings. The van der Waals surface area contributed by atoms with Gasteiger partial charge in [-0.05, 0) is 12.5 Å². The van der Waals surface area contributed by atoms with E-state index in [-0.39, 0.29) is 0 Å². The van der Waals surface area contributed by atoms with Crippen LogP contribution in [0, 0.1) is 0 Å². The summed E-state index contributed by atoms with van der Waals surface area (Å²) in [5.74, 6) is 0. The molecule has 0 saturated heterocycles. The molecule has 0 radical (unpaired) electrons. The molecule has 1 atom stereocenters. The maximum Gasteiger partial charge on any atom is 0.0537 e. The van der Waals surface area contributed by atoms with Crippen LogP contribution in [0.25, 0.3) is 0 Å². The van der Waals surface area contributed by atoms with E-state index < -0.39 is 0 Å². The summed E-state index contributed by atoms with van der Waals surface area (Å²) in [6.07, 6.45) is 6.98. The van der Waals surface area contributed by atoms with Crippen molar-refractivity contribution in [3.8, 4) is 0 Å². The minimum absolute atomic E-state index is 0.356. The number of rotatable bonds is 0. The summed E-state index contributed by atoms with van der Waals surface area (Å²) in [6, 6.07) is 0. The van der Waals surface area contributed by atoms with Crippen molar-refractivity contribution >= 4 is 27.5 Å². The SMILES string of the molecule is ClC1=CC=CC[C@H]1Br. The second kappa shape index (κ2) is 2.70. The van der Waals surface area contributed by atoms with E-state index in [1.165, 1.54) is 0 Å². The highest BCUT2D eigenvalue weighted by Gasteiger charge is 2.06. The first-order chi connectivity index (χ1) is 3.80. The molecule has 0 spiro atoms. The lowest BCUT2D eigenvalue weighted by atomic mass is 10.2. The first-order valence-corrected chi connectivity index (χ1v) is 3.76. The van der Waals surface area contributed by atoms with Crippen molar-refractivity contribution in [2.45, 2.75) is 11.2 Å². The Morgan fingerprint density at radius 2 is 2.50 bits per heavy atom. The predicted octanol–water partition coefficient (Wildman–Crippen LogP) is 2.83. The standard InChI is InChI=1S/C6H6BrCl/c7-5-3-1-2-4-6(5)8/h1-2,4-5H,3H2/t5-/m1/s1. The normalized spacial score (nSPS) is 27.8. The molecule has 1 aliphatic carbocycles. The first-order valence-electron chi connectivity index (χ1n) is 2.47. The maximum absolute atomic E-state index is 5.73. The molecule has 44 valence electrons. The number of halogens is 2. The van der Waals surface area contributed by atoms with Crippen LogP contribution in [0.3, 0.4) is 0 Å². The third-order valence-electron chi connectivity index (χ3n) is 1.03. The molecular formula is C6H6BrCl. The molecule has 0 aromatic carbocycles. The zero-order chi connectivity index (χ0) is 5.98. The van der Waals surface area contributed by atoms with Crippen molar-refractivity contribution < 1.29 is 0 Å². The van der Waals surface area contributed by atoms with E-state index in [1.54, 1.807) is 0 Å². The fourth-order valence-electron chi connectivity index (χ4n) is 0.575. The average molecular weight is 193 g/mol. The van der Waals surface area contributed by atoms with Crippen LogP contribution in [-0.4, -0.2) is 4.83 Å². The van der Waals surface area contributed by atoms with Crippen molar-refractivity contribution in [2.75, 3.05) is 0 Å². The molecule has 0 fully saturated rings. The van der Waals surface area contributed by atoms with Gasteiger partial charge in [-0.3, -0.25) is 0 Å². The molecule has 0 nitrogen and oxygen atoms in total. The third kappa shape index (κ3) is 1.36. The Morgan fingerprint density at radius 3 is 2.88 bits per heavy atom. The van der Waals surface area contributed by atoms with E-state index >= 15 is 0 Å². The molecule has 2 heteroatoms.